The zero-order valence-electron chi connectivity index (χ0n) is 10.3. The van der Waals surface area contributed by atoms with E-state index in [1.807, 2.05) is 13.8 Å². The smallest absolute Gasteiger partial charge is 0.307 e. The number of hydrogen-bond acceptors (Lipinski definition) is 2. The summed E-state index contributed by atoms with van der Waals surface area (Å²) in [5, 5.41) is 12.1. The Morgan fingerprint density at radius 2 is 1.76 bits per heavy atom. The van der Waals surface area contributed by atoms with Gasteiger partial charge in [-0.1, -0.05) is 19.1 Å². The van der Waals surface area contributed by atoms with Crippen LogP contribution in [0.4, 0.5) is 4.39 Å². The highest BCUT2D eigenvalue weighted by Crippen LogP contribution is 2.15. The molecule has 3 nitrogen and oxygen atoms in total. The molecule has 1 aromatic rings. The monoisotopic (exact) mass is 239 g/mol. The maximum atomic E-state index is 12.7. The second-order valence-corrected chi connectivity index (χ2v) is 4.36. The van der Waals surface area contributed by atoms with Crippen LogP contribution in [0.1, 0.15) is 32.4 Å². The van der Waals surface area contributed by atoms with Crippen LogP contribution in [0.15, 0.2) is 24.3 Å². The lowest BCUT2D eigenvalue weighted by molar-refractivity contribution is -0.142. The van der Waals surface area contributed by atoms with Crippen LogP contribution in [0, 0.1) is 11.7 Å². The Balaban J connectivity index is 2.63. The first-order chi connectivity index (χ1) is 7.91. The molecule has 0 heterocycles. The van der Waals surface area contributed by atoms with Crippen molar-refractivity contribution < 1.29 is 14.3 Å². The fourth-order valence-corrected chi connectivity index (χ4v) is 1.60. The second kappa shape index (κ2) is 5.77. The molecule has 0 bridgehead atoms. The predicted octanol–water partition coefficient (Wildman–Crippen LogP) is 2.59. The van der Waals surface area contributed by atoms with Crippen molar-refractivity contribution in [3.05, 3.63) is 35.6 Å². The van der Waals surface area contributed by atoms with Gasteiger partial charge in [-0.25, -0.2) is 4.39 Å². The topological polar surface area (TPSA) is 49.3 Å². The molecule has 0 aliphatic rings. The molecule has 0 radical (unpaired) electrons. The molecule has 0 aliphatic heterocycles. The van der Waals surface area contributed by atoms with Crippen LogP contribution < -0.4 is 5.32 Å². The minimum atomic E-state index is -0.823. The number of carboxylic acids is 1. The van der Waals surface area contributed by atoms with Crippen molar-refractivity contribution in [2.75, 3.05) is 0 Å². The summed E-state index contributed by atoms with van der Waals surface area (Å²) >= 11 is 0. The molecule has 0 spiro atoms. The molecule has 2 N–H and O–H groups in total. The van der Waals surface area contributed by atoms with Gasteiger partial charge in [0.05, 0.1) is 5.92 Å². The van der Waals surface area contributed by atoms with Crippen LogP contribution >= 0.6 is 0 Å². The third-order valence-corrected chi connectivity index (χ3v) is 3.02. The summed E-state index contributed by atoms with van der Waals surface area (Å²) in [7, 11) is 0. The van der Waals surface area contributed by atoms with Crippen LogP contribution in [0.5, 0.6) is 0 Å². The average Bonchev–Trinajstić information content (AvgIpc) is 2.28. The Kier molecular flexibility index (Phi) is 4.63. The van der Waals surface area contributed by atoms with Crippen molar-refractivity contribution in [2.24, 2.45) is 5.92 Å². The minimum absolute atomic E-state index is 0.00704. The number of hydrogen-bond donors (Lipinski definition) is 2. The molecule has 94 valence electrons. The number of nitrogens with one attached hydrogen (secondary N) is 1. The fraction of sp³-hybridized carbons (Fsp3) is 0.462. The first kappa shape index (κ1) is 13.6. The third-order valence-electron chi connectivity index (χ3n) is 3.02. The van der Waals surface area contributed by atoms with Gasteiger partial charge in [-0.15, -0.1) is 0 Å². The molecule has 0 saturated carbocycles. The molecule has 3 atom stereocenters. The molecule has 17 heavy (non-hydrogen) atoms. The fourth-order valence-electron chi connectivity index (χ4n) is 1.60. The molecule has 0 aromatic heterocycles. The first-order valence-corrected chi connectivity index (χ1v) is 5.66. The van der Waals surface area contributed by atoms with E-state index in [0.29, 0.717) is 0 Å². The van der Waals surface area contributed by atoms with E-state index in [1.54, 1.807) is 19.1 Å². The second-order valence-electron chi connectivity index (χ2n) is 4.36. The molecule has 0 fully saturated rings. The molecule has 3 unspecified atom stereocenters. The van der Waals surface area contributed by atoms with Crippen molar-refractivity contribution >= 4 is 5.97 Å². The maximum Gasteiger partial charge on any atom is 0.307 e. The van der Waals surface area contributed by atoms with E-state index in [0.717, 1.165) is 5.56 Å². The summed E-state index contributed by atoms with van der Waals surface area (Å²) in [6.45, 7) is 5.43. The van der Waals surface area contributed by atoms with Crippen LogP contribution in [0.25, 0.3) is 0 Å². The number of rotatable bonds is 5. The van der Waals surface area contributed by atoms with Crippen molar-refractivity contribution in [1.29, 1.82) is 0 Å². The number of benzene rings is 1. The van der Waals surface area contributed by atoms with E-state index >= 15 is 0 Å². The molecule has 4 heteroatoms. The van der Waals surface area contributed by atoms with Crippen molar-refractivity contribution in [2.45, 2.75) is 32.9 Å². The number of carbonyl (C=O) groups is 1. The SMILES string of the molecule is CC(NC(C)C(C)C(=O)O)c1ccc(F)cc1. The molecule has 1 aromatic carbocycles. The highest BCUT2D eigenvalue weighted by molar-refractivity contribution is 5.70. The summed E-state index contributed by atoms with van der Waals surface area (Å²) in [4.78, 5) is 10.8. The zero-order chi connectivity index (χ0) is 13.0. The number of aliphatic carboxylic acids is 1. The first-order valence-electron chi connectivity index (χ1n) is 5.66. The zero-order valence-corrected chi connectivity index (χ0v) is 10.3. The normalized spacial score (nSPS) is 16.2. The quantitative estimate of drug-likeness (QED) is 0.830. The van der Waals surface area contributed by atoms with Gasteiger partial charge < -0.3 is 10.4 Å². The van der Waals surface area contributed by atoms with Crippen molar-refractivity contribution in [3.8, 4) is 0 Å². The third kappa shape index (κ3) is 3.82. The Morgan fingerprint density at radius 1 is 1.24 bits per heavy atom. The predicted molar refractivity (Wildman–Crippen MR) is 64.2 cm³/mol. The lowest BCUT2D eigenvalue weighted by Gasteiger charge is -2.23. The van der Waals surface area contributed by atoms with E-state index in [4.69, 9.17) is 5.11 Å². The average molecular weight is 239 g/mol. The molecule has 0 saturated heterocycles. The highest BCUT2D eigenvalue weighted by Gasteiger charge is 2.20. The molecular weight excluding hydrogens is 221 g/mol. The summed E-state index contributed by atoms with van der Waals surface area (Å²) in [6.07, 6.45) is 0. The van der Waals surface area contributed by atoms with Crippen molar-refractivity contribution in [1.82, 2.24) is 5.32 Å². The van der Waals surface area contributed by atoms with E-state index in [2.05, 4.69) is 5.32 Å². The molecule has 0 amide bonds. The number of halogens is 1. The van der Waals surface area contributed by atoms with E-state index in [-0.39, 0.29) is 17.9 Å². The highest BCUT2D eigenvalue weighted by atomic mass is 19.1. The Morgan fingerprint density at radius 3 is 2.24 bits per heavy atom. The summed E-state index contributed by atoms with van der Waals surface area (Å²) in [5.41, 5.74) is 0.941. The Bertz CT molecular complexity index is 378. The van der Waals surface area contributed by atoms with Crippen LogP contribution in [0.2, 0.25) is 0 Å². The molecular formula is C13H18FNO2. The summed E-state index contributed by atoms with van der Waals surface area (Å²) in [6, 6.07) is 6.05. The lowest BCUT2D eigenvalue weighted by atomic mass is 10.0. The Hall–Kier alpha value is -1.42. The molecule has 0 aliphatic carbocycles. The van der Waals surface area contributed by atoms with Gasteiger partial charge in [0.15, 0.2) is 0 Å². The number of carboxylic acid groups (broad SMARTS) is 1. The van der Waals surface area contributed by atoms with Gasteiger partial charge in [-0.3, -0.25) is 4.79 Å². The van der Waals surface area contributed by atoms with Gasteiger partial charge in [0.2, 0.25) is 0 Å². The van der Waals surface area contributed by atoms with Gasteiger partial charge in [0, 0.05) is 12.1 Å². The van der Waals surface area contributed by atoms with Crippen LogP contribution in [0.3, 0.4) is 0 Å². The minimum Gasteiger partial charge on any atom is -0.481 e. The van der Waals surface area contributed by atoms with Gasteiger partial charge in [0.25, 0.3) is 0 Å². The van der Waals surface area contributed by atoms with Crippen LogP contribution in [-0.4, -0.2) is 17.1 Å². The summed E-state index contributed by atoms with van der Waals surface area (Å²) < 4.78 is 12.7. The van der Waals surface area contributed by atoms with E-state index in [1.165, 1.54) is 12.1 Å². The molecule has 1 rings (SSSR count). The van der Waals surface area contributed by atoms with Gasteiger partial charge in [-0.05, 0) is 31.5 Å². The van der Waals surface area contributed by atoms with Crippen molar-refractivity contribution in [3.63, 3.8) is 0 Å². The largest absolute Gasteiger partial charge is 0.481 e. The van der Waals surface area contributed by atoms with Gasteiger partial charge >= 0.3 is 5.97 Å². The maximum absolute atomic E-state index is 12.7. The van der Waals surface area contributed by atoms with Gasteiger partial charge in [-0.2, -0.15) is 0 Å². The lowest BCUT2D eigenvalue weighted by Crippen LogP contribution is -2.37. The Labute approximate surface area is 101 Å². The van der Waals surface area contributed by atoms with Gasteiger partial charge in [0.1, 0.15) is 5.82 Å². The van der Waals surface area contributed by atoms with E-state index < -0.39 is 11.9 Å². The van der Waals surface area contributed by atoms with E-state index in [9.17, 15) is 9.18 Å². The standard InChI is InChI=1S/C13H18FNO2/c1-8(13(16)17)9(2)15-10(3)11-4-6-12(14)7-5-11/h4-10,15H,1-3H3,(H,16,17). The van der Waals surface area contributed by atoms with Crippen LogP contribution in [-0.2, 0) is 4.79 Å². The summed E-state index contributed by atoms with van der Waals surface area (Å²) in [5.74, 6) is -1.55.